The first-order valence-corrected chi connectivity index (χ1v) is 10.1. The molecule has 0 aliphatic carbocycles. The van der Waals surface area contributed by atoms with Crippen molar-refractivity contribution in [1.29, 1.82) is 0 Å². The van der Waals surface area contributed by atoms with E-state index < -0.39 is 21.3 Å². The van der Waals surface area contributed by atoms with Crippen LogP contribution in [0.1, 0.15) is 11.3 Å². The number of pyridine rings is 1. The Kier molecular flexibility index (Phi) is 5.46. The smallest absolute Gasteiger partial charge is 0.270 e. The van der Waals surface area contributed by atoms with Gasteiger partial charge in [-0.1, -0.05) is 36.4 Å². The van der Waals surface area contributed by atoms with E-state index in [1.165, 1.54) is 16.7 Å². The zero-order chi connectivity index (χ0) is 20.3. The number of amides is 1. The van der Waals surface area contributed by atoms with Gasteiger partial charge in [-0.15, -0.1) is 0 Å². The lowest BCUT2D eigenvalue weighted by atomic mass is 10.2. The standard InChI is InChI=1S/C21H20N2O4S/c1-15-13-16(2)23(14-19(24)22-17-9-5-3-6-10-17)21(25)20(15)28(26,27)18-11-7-4-8-12-18/h3-13H,14H2,1-2H3,(H,22,24). The third-order valence-corrected chi connectivity index (χ3v) is 6.26. The molecule has 0 fully saturated rings. The first-order valence-electron chi connectivity index (χ1n) is 8.67. The van der Waals surface area contributed by atoms with Crippen molar-refractivity contribution >= 4 is 21.4 Å². The van der Waals surface area contributed by atoms with Gasteiger partial charge in [-0.3, -0.25) is 9.59 Å². The molecule has 0 aliphatic heterocycles. The summed E-state index contributed by atoms with van der Waals surface area (Å²) < 4.78 is 27.2. The van der Waals surface area contributed by atoms with Gasteiger partial charge in [0.15, 0.2) is 0 Å². The quantitative estimate of drug-likeness (QED) is 0.719. The van der Waals surface area contributed by atoms with Crippen LogP contribution in [0.5, 0.6) is 0 Å². The number of nitrogens with one attached hydrogen (secondary N) is 1. The number of aromatic nitrogens is 1. The Morgan fingerprint density at radius 1 is 0.964 bits per heavy atom. The zero-order valence-electron chi connectivity index (χ0n) is 15.5. The molecule has 3 aromatic rings. The molecule has 1 heterocycles. The molecule has 0 unspecified atom stereocenters. The van der Waals surface area contributed by atoms with Crippen LogP contribution in [-0.4, -0.2) is 18.9 Å². The summed E-state index contributed by atoms with van der Waals surface area (Å²) in [5, 5.41) is 2.70. The number of hydrogen-bond donors (Lipinski definition) is 1. The molecule has 1 amide bonds. The number of para-hydroxylation sites is 1. The molecule has 0 spiro atoms. The Balaban J connectivity index is 2.01. The maximum absolute atomic E-state index is 13.0. The maximum atomic E-state index is 13.0. The number of carbonyl (C=O) groups is 1. The van der Waals surface area contributed by atoms with Gasteiger partial charge >= 0.3 is 0 Å². The second-order valence-electron chi connectivity index (χ2n) is 6.42. The predicted octanol–water partition coefficient (Wildman–Crippen LogP) is 2.94. The molecule has 144 valence electrons. The minimum Gasteiger partial charge on any atom is -0.325 e. The molecule has 0 aliphatic rings. The van der Waals surface area contributed by atoms with Gasteiger partial charge in [0.1, 0.15) is 11.4 Å². The topological polar surface area (TPSA) is 85.2 Å². The molecule has 0 saturated heterocycles. The first-order chi connectivity index (χ1) is 13.3. The largest absolute Gasteiger partial charge is 0.325 e. The average molecular weight is 396 g/mol. The molecular weight excluding hydrogens is 376 g/mol. The van der Waals surface area contributed by atoms with Crippen LogP contribution >= 0.6 is 0 Å². The number of rotatable bonds is 5. The summed E-state index contributed by atoms with van der Waals surface area (Å²) in [6.07, 6.45) is 0. The number of anilines is 1. The fraction of sp³-hybridized carbons (Fsp3) is 0.143. The van der Waals surface area contributed by atoms with Crippen molar-refractivity contribution in [3.63, 3.8) is 0 Å². The van der Waals surface area contributed by atoms with E-state index in [0.29, 0.717) is 16.9 Å². The summed E-state index contributed by atoms with van der Waals surface area (Å²) in [7, 11) is -4.00. The maximum Gasteiger partial charge on any atom is 0.270 e. The Labute approximate surface area is 163 Å². The minimum atomic E-state index is -4.00. The highest BCUT2D eigenvalue weighted by atomic mass is 32.2. The van der Waals surface area contributed by atoms with E-state index in [1.54, 1.807) is 62.4 Å². The van der Waals surface area contributed by atoms with Crippen molar-refractivity contribution < 1.29 is 13.2 Å². The van der Waals surface area contributed by atoms with E-state index in [-0.39, 0.29) is 16.3 Å². The molecule has 28 heavy (non-hydrogen) atoms. The van der Waals surface area contributed by atoms with E-state index >= 15 is 0 Å². The van der Waals surface area contributed by atoms with Crippen molar-refractivity contribution in [3.8, 4) is 0 Å². The molecule has 1 N–H and O–H groups in total. The van der Waals surface area contributed by atoms with Gasteiger partial charge in [0.2, 0.25) is 15.7 Å². The van der Waals surface area contributed by atoms with Gasteiger partial charge in [-0.2, -0.15) is 0 Å². The molecular formula is C21H20N2O4S. The van der Waals surface area contributed by atoms with Gasteiger partial charge in [-0.25, -0.2) is 8.42 Å². The van der Waals surface area contributed by atoms with Gasteiger partial charge < -0.3 is 9.88 Å². The third-order valence-electron chi connectivity index (χ3n) is 4.33. The van der Waals surface area contributed by atoms with Crippen molar-refractivity contribution in [3.05, 3.63) is 88.3 Å². The average Bonchev–Trinajstić information content (AvgIpc) is 2.66. The number of sulfone groups is 1. The van der Waals surface area contributed by atoms with Crippen LogP contribution in [0.3, 0.4) is 0 Å². The highest BCUT2D eigenvalue weighted by Gasteiger charge is 2.26. The molecule has 1 aromatic heterocycles. The third kappa shape index (κ3) is 3.89. The molecule has 0 bridgehead atoms. The normalized spacial score (nSPS) is 11.2. The summed E-state index contributed by atoms with van der Waals surface area (Å²) in [6.45, 7) is 2.97. The Morgan fingerprint density at radius 2 is 1.54 bits per heavy atom. The van der Waals surface area contributed by atoms with Gasteiger partial charge in [0.25, 0.3) is 5.56 Å². The molecule has 0 radical (unpaired) electrons. The van der Waals surface area contributed by atoms with Crippen molar-refractivity contribution in [1.82, 2.24) is 4.57 Å². The second-order valence-corrected chi connectivity index (χ2v) is 8.31. The van der Waals surface area contributed by atoms with Crippen LogP contribution in [-0.2, 0) is 21.2 Å². The second kappa shape index (κ2) is 7.82. The van der Waals surface area contributed by atoms with Crippen LogP contribution in [0.25, 0.3) is 0 Å². The Bertz CT molecular complexity index is 1170. The van der Waals surface area contributed by atoms with Crippen LogP contribution in [0.4, 0.5) is 5.69 Å². The van der Waals surface area contributed by atoms with E-state index in [1.807, 2.05) is 6.07 Å². The van der Waals surface area contributed by atoms with E-state index in [0.717, 1.165) is 0 Å². The summed E-state index contributed by atoms with van der Waals surface area (Å²) in [5.41, 5.74) is 0.760. The van der Waals surface area contributed by atoms with E-state index in [2.05, 4.69) is 5.32 Å². The van der Waals surface area contributed by atoms with Crippen LogP contribution in [0, 0.1) is 13.8 Å². The van der Waals surface area contributed by atoms with E-state index in [9.17, 15) is 18.0 Å². The lowest BCUT2D eigenvalue weighted by Gasteiger charge is -2.15. The minimum absolute atomic E-state index is 0.0411. The summed E-state index contributed by atoms with van der Waals surface area (Å²) >= 11 is 0. The van der Waals surface area contributed by atoms with Crippen LogP contribution in [0.2, 0.25) is 0 Å². The zero-order valence-corrected chi connectivity index (χ0v) is 16.4. The number of aryl methyl sites for hydroxylation is 2. The highest BCUT2D eigenvalue weighted by molar-refractivity contribution is 7.91. The number of carbonyl (C=O) groups excluding carboxylic acids is 1. The monoisotopic (exact) mass is 396 g/mol. The predicted molar refractivity (Wildman–Crippen MR) is 107 cm³/mol. The summed E-state index contributed by atoms with van der Waals surface area (Å²) in [5.74, 6) is -0.414. The molecule has 3 rings (SSSR count). The lowest BCUT2D eigenvalue weighted by molar-refractivity contribution is -0.116. The fourth-order valence-electron chi connectivity index (χ4n) is 3.01. The number of benzene rings is 2. The van der Waals surface area contributed by atoms with Crippen molar-refractivity contribution in [2.24, 2.45) is 0 Å². The van der Waals surface area contributed by atoms with Crippen molar-refractivity contribution in [2.45, 2.75) is 30.2 Å². The van der Waals surface area contributed by atoms with E-state index in [4.69, 9.17) is 0 Å². The molecule has 0 saturated carbocycles. The number of nitrogens with zero attached hydrogens (tertiary/aromatic N) is 1. The van der Waals surface area contributed by atoms with Gasteiger partial charge in [0.05, 0.1) is 4.90 Å². The lowest BCUT2D eigenvalue weighted by Crippen LogP contribution is -2.33. The van der Waals surface area contributed by atoms with Crippen molar-refractivity contribution in [2.75, 3.05) is 5.32 Å². The van der Waals surface area contributed by atoms with Gasteiger partial charge in [-0.05, 0) is 49.7 Å². The Hall–Kier alpha value is -3.19. The molecule has 2 aromatic carbocycles. The summed E-state index contributed by atoms with van der Waals surface area (Å²) in [6, 6.07) is 18.2. The van der Waals surface area contributed by atoms with Gasteiger partial charge in [0, 0.05) is 11.4 Å². The summed E-state index contributed by atoms with van der Waals surface area (Å²) in [4.78, 5) is 25.1. The highest BCUT2D eigenvalue weighted by Crippen LogP contribution is 2.21. The van der Waals surface area contributed by atoms with Crippen LogP contribution in [0.15, 0.2) is 81.3 Å². The fourth-order valence-corrected chi connectivity index (χ4v) is 4.59. The molecule has 6 nitrogen and oxygen atoms in total. The number of hydrogen-bond acceptors (Lipinski definition) is 4. The SMILES string of the molecule is Cc1cc(C)n(CC(=O)Nc2ccccc2)c(=O)c1S(=O)(=O)c1ccccc1. The first kappa shape index (κ1) is 19.6. The van der Waals surface area contributed by atoms with Crippen LogP contribution < -0.4 is 10.9 Å². The molecule has 0 atom stereocenters. The Morgan fingerprint density at radius 3 is 2.14 bits per heavy atom. The molecule has 7 heteroatoms.